The van der Waals surface area contributed by atoms with Gasteiger partial charge in [-0.3, -0.25) is 4.79 Å². The van der Waals surface area contributed by atoms with Gasteiger partial charge in [-0.2, -0.15) is 0 Å². The second-order valence-electron chi connectivity index (χ2n) is 3.36. The zero-order valence-corrected chi connectivity index (χ0v) is 10.6. The maximum atomic E-state index is 11.2. The average molecular weight is 260 g/mol. The van der Waals surface area contributed by atoms with Crippen LogP contribution >= 0.6 is 12.4 Å². The van der Waals surface area contributed by atoms with Crippen molar-refractivity contribution in [3.8, 4) is 0 Å². The van der Waals surface area contributed by atoms with Gasteiger partial charge in [-0.1, -0.05) is 30.3 Å². The molecule has 0 spiro atoms. The molecule has 0 aromatic heterocycles. The predicted molar refractivity (Wildman–Crippen MR) is 68.0 cm³/mol. The monoisotopic (exact) mass is 259 g/mol. The van der Waals surface area contributed by atoms with Crippen LogP contribution in [0.15, 0.2) is 30.3 Å². The lowest BCUT2D eigenvalue weighted by molar-refractivity contribution is -0.146. The number of ether oxygens (including phenoxy) is 2. The van der Waals surface area contributed by atoms with Crippen molar-refractivity contribution in [2.24, 2.45) is 5.73 Å². The zero-order chi connectivity index (χ0) is 11.8. The first-order valence-electron chi connectivity index (χ1n) is 5.28. The number of rotatable bonds is 6. The van der Waals surface area contributed by atoms with Crippen LogP contribution in [0.3, 0.4) is 0 Å². The van der Waals surface area contributed by atoms with Crippen molar-refractivity contribution >= 4 is 18.4 Å². The van der Waals surface area contributed by atoms with Gasteiger partial charge in [-0.15, -0.1) is 12.4 Å². The number of carbonyl (C=O) groups is 1. The van der Waals surface area contributed by atoms with E-state index in [2.05, 4.69) is 0 Å². The molecule has 0 unspecified atom stereocenters. The first-order valence-corrected chi connectivity index (χ1v) is 5.28. The maximum Gasteiger partial charge on any atom is 0.325 e. The summed E-state index contributed by atoms with van der Waals surface area (Å²) in [7, 11) is 0. The van der Waals surface area contributed by atoms with Gasteiger partial charge in [0.15, 0.2) is 0 Å². The molecular weight excluding hydrogens is 242 g/mol. The average Bonchev–Trinajstić information content (AvgIpc) is 2.30. The summed E-state index contributed by atoms with van der Waals surface area (Å²) in [6.07, 6.45) is 0. The Labute approximate surface area is 108 Å². The summed E-state index contributed by atoms with van der Waals surface area (Å²) in [6.45, 7) is 2.71. The highest BCUT2D eigenvalue weighted by Gasteiger charge is 2.14. The topological polar surface area (TPSA) is 61.5 Å². The molecule has 0 radical (unpaired) electrons. The largest absolute Gasteiger partial charge is 0.465 e. The Hall–Kier alpha value is -1.10. The fourth-order valence-corrected chi connectivity index (χ4v) is 1.20. The normalized spacial score (nSPS) is 11.4. The van der Waals surface area contributed by atoms with Crippen LogP contribution in [0.1, 0.15) is 12.5 Å². The third-order valence-electron chi connectivity index (χ3n) is 2.00. The lowest BCUT2D eigenvalue weighted by atomic mass is 10.2. The van der Waals surface area contributed by atoms with Crippen molar-refractivity contribution in [1.29, 1.82) is 0 Å². The van der Waals surface area contributed by atoms with Crippen LogP contribution in [0.5, 0.6) is 0 Å². The molecule has 1 atom stereocenters. The van der Waals surface area contributed by atoms with Crippen molar-refractivity contribution in [2.45, 2.75) is 19.6 Å². The molecule has 1 aromatic carbocycles. The van der Waals surface area contributed by atoms with Crippen LogP contribution in [-0.2, 0) is 20.9 Å². The smallest absolute Gasteiger partial charge is 0.325 e. The van der Waals surface area contributed by atoms with E-state index >= 15 is 0 Å². The molecule has 0 heterocycles. The third kappa shape index (κ3) is 6.26. The van der Waals surface area contributed by atoms with E-state index in [9.17, 15) is 4.79 Å². The molecule has 0 aliphatic rings. The van der Waals surface area contributed by atoms with E-state index in [-0.39, 0.29) is 19.0 Å². The number of halogens is 1. The number of benzene rings is 1. The maximum absolute atomic E-state index is 11.2. The molecule has 0 saturated carbocycles. The first-order chi connectivity index (χ1) is 7.74. The van der Waals surface area contributed by atoms with E-state index < -0.39 is 12.0 Å². The van der Waals surface area contributed by atoms with Crippen LogP contribution in [0.25, 0.3) is 0 Å². The third-order valence-corrected chi connectivity index (χ3v) is 2.00. The lowest BCUT2D eigenvalue weighted by Crippen LogP contribution is -2.36. The highest BCUT2D eigenvalue weighted by molar-refractivity contribution is 5.85. The van der Waals surface area contributed by atoms with Gasteiger partial charge in [-0.25, -0.2) is 0 Å². The fourth-order valence-electron chi connectivity index (χ4n) is 1.20. The Bertz CT molecular complexity index is 319. The molecule has 0 saturated heterocycles. The number of esters is 1. The Morgan fingerprint density at radius 1 is 1.35 bits per heavy atom. The number of hydrogen-bond acceptors (Lipinski definition) is 4. The molecule has 5 heteroatoms. The van der Waals surface area contributed by atoms with E-state index in [1.807, 2.05) is 30.3 Å². The van der Waals surface area contributed by atoms with Crippen molar-refractivity contribution < 1.29 is 14.3 Å². The standard InChI is InChI=1S/C12H17NO3.ClH/c1-2-16-12(14)11(13)9-15-8-10-6-4-3-5-7-10;/h3-7,11H,2,8-9,13H2,1H3;1H/t11-;/m0./s1. The summed E-state index contributed by atoms with van der Waals surface area (Å²) >= 11 is 0. The Balaban J connectivity index is 0.00000256. The van der Waals surface area contributed by atoms with Gasteiger partial charge in [-0.05, 0) is 12.5 Å². The lowest BCUT2D eigenvalue weighted by Gasteiger charge is -2.10. The van der Waals surface area contributed by atoms with Crippen LogP contribution in [0.2, 0.25) is 0 Å². The minimum Gasteiger partial charge on any atom is -0.465 e. The highest BCUT2D eigenvalue weighted by Crippen LogP contribution is 2.00. The molecule has 17 heavy (non-hydrogen) atoms. The minimum atomic E-state index is -0.705. The minimum absolute atomic E-state index is 0. The van der Waals surface area contributed by atoms with E-state index in [1.54, 1.807) is 6.92 Å². The Morgan fingerprint density at radius 3 is 2.59 bits per heavy atom. The van der Waals surface area contributed by atoms with Gasteiger partial charge in [0.1, 0.15) is 6.04 Å². The van der Waals surface area contributed by atoms with Gasteiger partial charge in [0, 0.05) is 0 Å². The van der Waals surface area contributed by atoms with Gasteiger partial charge in [0.05, 0.1) is 19.8 Å². The van der Waals surface area contributed by atoms with Crippen LogP contribution in [0.4, 0.5) is 0 Å². The Morgan fingerprint density at radius 2 is 2.00 bits per heavy atom. The molecule has 1 rings (SSSR count). The van der Waals surface area contributed by atoms with E-state index in [1.165, 1.54) is 0 Å². The number of carbonyl (C=O) groups excluding carboxylic acids is 1. The first kappa shape index (κ1) is 15.9. The zero-order valence-electron chi connectivity index (χ0n) is 9.80. The fraction of sp³-hybridized carbons (Fsp3) is 0.417. The van der Waals surface area contributed by atoms with Gasteiger partial charge in [0.25, 0.3) is 0 Å². The Kier molecular flexibility index (Phi) is 8.40. The number of hydrogen-bond donors (Lipinski definition) is 1. The molecule has 4 nitrogen and oxygen atoms in total. The molecule has 96 valence electrons. The second-order valence-corrected chi connectivity index (χ2v) is 3.36. The van der Waals surface area contributed by atoms with Crippen LogP contribution in [-0.4, -0.2) is 25.2 Å². The highest BCUT2D eigenvalue weighted by atomic mass is 35.5. The second kappa shape index (κ2) is 8.98. The molecule has 1 aromatic rings. The van der Waals surface area contributed by atoms with Gasteiger partial charge in [0.2, 0.25) is 0 Å². The number of nitrogens with two attached hydrogens (primary N) is 1. The predicted octanol–water partition coefficient (Wildman–Crippen LogP) is 1.52. The van der Waals surface area contributed by atoms with Gasteiger partial charge >= 0.3 is 5.97 Å². The molecule has 0 amide bonds. The molecule has 0 aliphatic carbocycles. The summed E-state index contributed by atoms with van der Waals surface area (Å²) in [5.41, 5.74) is 6.62. The molecule has 2 N–H and O–H groups in total. The van der Waals surface area contributed by atoms with Crippen molar-refractivity contribution in [3.05, 3.63) is 35.9 Å². The summed E-state index contributed by atoms with van der Waals surface area (Å²) < 4.78 is 10.1. The molecule has 0 aliphatic heterocycles. The molecule has 0 fully saturated rings. The van der Waals surface area contributed by atoms with E-state index in [4.69, 9.17) is 15.2 Å². The summed E-state index contributed by atoms with van der Waals surface area (Å²) in [5, 5.41) is 0. The summed E-state index contributed by atoms with van der Waals surface area (Å²) in [4.78, 5) is 11.2. The van der Waals surface area contributed by atoms with Crippen molar-refractivity contribution in [1.82, 2.24) is 0 Å². The van der Waals surface area contributed by atoms with Crippen LogP contribution < -0.4 is 5.73 Å². The SMILES string of the molecule is CCOC(=O)[C@@H](N)COCc1ccccc1.Cl. The summed E-state index contributed by atoms with van der Waals surface area (Å²) in [5.74, 6) is -0.421. The summed E-state index contributed by atoms with van der Waals surface area (Å²) in [6, 6.07) is 9.01. The molecule has 0 bridgehead atoms. The van der Waals surface area contributed by atoms with E-state index in [0.29, 0.717) is 13.2 Å². The quantitative estimate of drug-likeness (QED) is 0.787. The van der Waals surface area contributed by atoms with Gasteiger partial charge < -0.3 is 15.2 Å². The van der Waals surface area contributed by atoms with Crippen LogP contribution in [0, 0.1) is 0 Å². The van der Waals surface area contributed by atoms with Crippen molar-refractivity contribution in [3.63, 3.8) is 0 Å². The van der Waals surface area contributed by atoms with E-state index in [0.717, 1.165) is 5.56 Å². The molecular formula is C12H18ClNO3. The van der Waals surface area contributed by atoms with Crippen molar-refractivity contribution in [2.75, 3.05) is 13.2 Å².